The number of aryl methyl sites for hydroxylation is 1. The Morgan fingerprint density at radius 1 is 1.64 bits per heavy atom. The molecule has 0 bridgehead atoms. The predicted octanol–water partition coefficient (Wildman–Crippen LogP) is 1.42. The van der Waals surface area contributed by atoms with E-state index in [1.807, 2.05) is 12.3 Å². The van der Waals surface area contributed by atoms with Gasteiger partial charge in [0.25, 0.3) is 0 Å². The highest BCUT2D eigenvalue weighted by atomic mass is 15.0. The normalized spacial score (nSPS) is 22.8. The molecule has 2 nitrogen and oxygen atoms in total. The molecule has 1 aliphatic rings. The molecule has 1 saturated heterocycles. The van der Waals surface area contributed by atoms with Gasteiger partial charge in [-0.3, -0.25) is 4.98 Å². The summed E-state index contributed by atoms with van der Waals surface area (Å²) in [6.07, 6.45) is 3.11. The average Bonchev–Trinajstić information content (AvgIpc) is 1.83. The third-order valence-corrected chi connectivity index (χ3v) is 2.12. The minimum atomic E-state index is 0.523. The van der Waals surface area contributed by atoms with Crippen LogP contribution >= 0.6 is 0 Å². The van der Waals surface area contributed by atoms with Crippen molar-refractivity contribution >= 4 is 0 Å². The fraction of sp³-hybridized carbons (Fsp3) is 0.444. The number of rotatable bonds is 1. The minimum absolute atomic E-state index is 0.523. The first-order valence-electron chi connectivity index (χ1n) is 4.02. The molecule has 1 atom stereocenters. The summed E-state index contributed by atoms with van der Waals surface area (Å²) in [6.45, 7) is 3.24. The Morgan fingerprint density at radius 2 is 2.45 bits per heavy atom. The van der Waals surface area contributed by atoms with Crippen LogP contribution in [0.15, 0.2) is 18.3 Å². The number of nitrogens with zero attached hydrogens (tertiary/aromatic N) is 1. The van der Waals surface area contributed by atoms with Crippen molar-refractivity contribution in [3.05, 3.63) is 29.6 Å². The molecule has 0 radical (unpaired) electrons. The maximum absolute atomic E-state index is 4.30. The summed E-state index contributed by atoms with van der Waals surface area (Å²) < 4.78 is 0. The molecule has 1 aliphatic heterocycles. The molecule has 0 aromatic carbocycles. The van der Waals surface area contributed by atoms with Gasteiger partial charge in [-0.2, -0.15) is 0 Å². The lowest BCUT2D eigenvalue weighted by molar-refractivity contribution is 0.375. The van der Waals surface area contributed by atoms with Crippen molar-refractivity contribution in [1.29, 1.82) is 0 Å². The summed E-state index contributed by atoms with van der Waals surface area (Å²) in [4.78, 5) is 4.30. The van der Waals surface area contributed by atoms with Crippen molar-refractivity contribution in [2.75, 3.05) is 6.54 Å². The summed E-state index contributed by atoms with van der Waals surface area (Å²) >= 11 is 0. The first-order valence-corrected chi connectivity index (χ1v) is 4.02. The van der Waals surface area contributed by atoms with Crippen molar-refractivity contribution in [2.45, 2.75) is 19.4 Å². The zero-order valence-electron chi connectivity index (χ0n) is 6.67. The van der Waals surface area contributed by atoms with Crippen molar-refractivity contribution in [3.63, 3.8) is 0 Å². The number of pyridine rings is 1. The number of nitrogens with one attached hydrogen (secondary N) is 1. The third-order valence-electron chi connectivity index (χ3n) is 2.12. The minimum Gasteiger partial charge on any atom is -0.309 e. The van der Waals surface area contributed by atoms with Gasteiger partial charge in [0.1, 0.15) is 0 Å². The van der Waals surface area contributed by atoms with E-state index in [4.69, 9.17) is 0 Å². The van der Waals surface area contributed by atoms with Gasteiger partial charge in [-0.1, -0.05) is 0 Å². The molecule has 11 heavy (non-hydrogen) atoms. The van der Waals surface area contributed by atoms with Gasteiger partial charge >= 0.3 is 0 Å². The summed E-state index contributed by atoms with van der Waals surface area (Å²) in [7, 11) is 0. The fourth-order valence-electron chi connectivity index (χ4n) is 1.29. The van der Waals surface area contributed by atoms with E-state index in [-0.39, 0.29) is 0 Å². The van der Waals surface area contributed by atoms with Gasteiger partial charge in [0.2, 0.25) is 0 Å². The van der Waals surface area contributed by atoms with Gasteiger partial charge in [-0.25, -0.2) is 0 Å². The Balaban J connectivity index is 2.23. The Labute approximate surface area is 66.7 Å². The molecule has 1 N–H and O–H groups in total. The Kier molecular flexibility index (Phi) is 1.62. The lowest BCUT2D eigenvalue weighted by Gasteiger charge is -2.26. The van der Waals surface area contributed by atoms with Gasteiger partial charge < -0.3 is 5.32 Å². The first kappa shape index (κ1) is 6.80. The highest BCUT2D eigenvalue weighted by molar-refractivity contribution is 5.18. The molecule has 0 amide bonds. The number of hydrogen-bond donors (Lipinski definition) is 1. The van der Waals surface area contributed by atoms with Crippen molar-refractivity contribution in [3.8, 4) is 0 Å². The van der Waals surface area contributed by atoms with Crippen molar-refractivity contribution < 1.29 is 0 Å². The van der Waals surface area contributed by atoms with E-state index in [1.54, 1.807) is 0 Å². The van der Waals surface area contributed by atoms with Crippen LogP contribution in [-0.2, 0) is 0 Å². The molecule has 2 heteroatoms. The fourth-order valence-corrected chi connectivity index (χ4v) is 1.29. The van der Waals surface area contributed by atoms with Crippen molar-refractivity contribution in [1.82, 2.24) is 10.3 Å². The van der Waals surface area contributed by atoms with Crippen LogP contribution in [-0.4, -0.2) is 11.5 Å². The van der Waals surface area contributed by atoms with Crippen LogP contribution in [0.4, 0.5) is 0 Å². The molecule has 0 aliphatic carbocycles. The smallest absolute Gasteiger partial charge is 0.0576 e. The Morgan fingerprint density at radius 3 is 3.00 bits per heavy atom. The molecular weight excluding hydrogens is 136 g/mol. The second-order valence-electron chi connectivity index (χ2n) is 3.05. The summed E-state index contributed by atoms with van der Waals surface area (Å²) in [5.74, 6) is 0. The molecule has 2 rings (SSSR count). The largest absolute Gasteiger partial charge is 0.309 e. The van der Waals surface area contributed by atoms with Crippen LogP contribution in [0.2, 0.25) is 0 Å². The topological polar surface area (TPSA) is 24.9 Å². The summed E-state index contributed by atoms with van der Waals surface area (Å²) in [5, 5.41) is 3.33. The van der Waals surface area contributed by atoms with E-state index in [2.05, 4.69) is 23.3 Å². The Bertz CT molecular complexity index is 253. The van der Waals surface area contributed by atoms with Gasteiger partial charge in [0.05, 0.1) is 11.7 Å². The molecule has 2 heterocycles. The van der Waals surface area contributed by atoms with Gasteiger partial charge in [-0.05, 0) is 37.6 Å². The second-order valence-corrected chi connectivity index (χ2v) is 3.05. The molecule has 1 aromatic heterocycles. The zero-order valence-corrected chi connectivity index (χ0v) is 6.67. The van der Waals surface area contributed by atoms with E-state index >= 15 is 0 Å². The van der Waals surface area contributed by atoms with E-state index in [0.717, 1.165) is 6.54 Å². The predicted molar refractivity (Wildman–Crippen MR) is 44.3 cm³/mol. The standard InChI is InChI=1S/C9H12N2/c1-7-2-4-11-9(6-7)8-3-5-10-8/h2,4,6,8,10H,3,5H2,1H3. The summed E-state index contributed by atoms with van der Waals surface area (Å²) in [5.41, 5.74) is 2.49. The van der Waals surface area contributed by atoms with E-state index in [1.165, 1.54) is 17.7 Å². The maximum Gasteiger partial charge on any atom is 0.0576 e. The van der Waals surface area contributed by atoms with Gasteiger partial charge in [0, 0.05) is 6.20 Å². The van der Waals surface area contributed by atoms with Crippen LogP contribution in [0.1, 0.15) is 23.7 Å². The van der Waals surface area contributed by atoms with E-state index in [9.17, 15) is 0 Å². The molecule has 0 spiro atoms. The Hall–Kier alpha value is -0.890. The van der Waals surface area contributed by atoms with Crippen LogP contribution in [0.25, 0.3) is 0 Å². The average molecular weight is 148 g/mol. The number of hydrogen-bond acceptors (Lipinski definition) is 2. The molecular formula is C9H12N2. The lowest BCUT2D eigenvalue weighted by atomic mass is 10.0. The third kappa shape index (κ3) is 1.26. The molecule has 0 saturated carbocycles. The lowest BCUT2D eigenvalue weighted by Crippen LogP contribution is -2.35. The number of aromatic nitrogens is 1. The molecule has 1 fully saturated rings. The zero-order chi connectivity index (χ0) is 7.68. The molecule has 1 aromatic rings. The molecule has 1 unspecified atom stereocenters. The van der Waals surface area contributed by atoms with E-state index in [0.29, 0.717) is 6.04 Å². The first-order chi connectivity index (χ1) is 5.36. The quantitative estimate of drug-likeness (QED) is 0.651. The van der Waals surface area contributed by atoms with Crippen LogP contribution in [0, 0.1) is 6.92 Å². The summed E-state index contributed by atoms with van der Waals surface area (Å²) in [6, 6.07) is 4.70. The van der Waals surface area contributed by atoms with Crippen LogP contribution in [0.5, 0.6) is 0 Å². The van der Waals surface area contributed by atoms with Crippen LogP contribution < -0.4 is 5.32 Å². The maximum atomic E-state index is 4.30. The van der Waals surface area contributed by atoms with Crippen molar-refractivity contribution in [2.24, 2.45) is 0 Å². The van der Waals surface area contributed by atoms with E-state index < -0.39 is 0 Å². The molecule has 58 valence electrons. The monoisotopic (exact) mass is 148 g/mol. The van der Waals surface area contributed by atoms with Crippen LogP contribution in [0.3, 0.4) is 0 Å². The second kappa shape index (κ2) is 2.62. The SMILES string of the molecule is Cc1ccnc(C2CCN2)c1. The van der Waals surface area contributed by atoms with Gasteiger partial charge in [0.15, 0.2) is 0 Å². The highest BCUT2D eigenvalue weighted by Gasteiger charge is 2.18. The van der Waals surface area contributed by atoms with Gasteiger partial charge in [-0.15, -0.1) is 0 Å². The highest BCUT2D eigenvalue weighted by Crippen LogP contribution is 2.20.